The summed E-state index contributed by atoms with van der Waals surface area (Å²) in [6.45, 7) is 2.53. The Morgan fingerprint density at radius 1 is 1.10 bits per heavy atom. The molecule has 0 aliphatic heterocycles. The summed E-state index contributed by atoms with van der Waals surface area (Å²) >= 11 is 12.0. The first kappa shape index (κ1) is 15.3. The molecule has 0 aliphatic rings. The summed E-state index contributed by atoms with van der Waals surface area (Å²) in [5.74, 6) is 0. The van der Waals surface area contributed by atoms with E-state index in [9.17, 15) is 5.11 Å². The lowest BCUT2D eigenvalue weighted by molar-refractivity contribution is 0.135. The van der Waals surface area contributed by atoms with Gasteiger partial charge in [-0.25, -0.2) is 0 Å². The summed E-state index contributed by atoms with van der Waals surface area (Å²) < 4.78 is 0. The molecule has 0 spiro atoms. The van der Waals surface area contributed by atoms with Crippen molar-refractivity contribution in [3.05, 3.63) is 69.7 Å². The molecule has 106 valence electrons. The van der Waals surface area contributed by atoms with Gasteiger partial charge < -0.3 is 10.4 Å². The van der Waals surface area contributed by atoms with Crippen LogP contribution in [0.1, 0.15) is 24.2 Å². The van der Waals surface area contributed by atoms with E-state index in [0.717, 1.165) is 11.1 Å². The molecule has 0 saturated carbocycles. The molecule has 2 rings (SSSR count). The number of aliphatic hydroxyl groups excluding tert-OH is 1. The summed E-state index contributed by atoms with van der Waals surface area (Å²) in [7, 11) is 0. The van der Waals surface area contributed by atoms with Gasteiger partial charge in [-0.05, 0) is 30.2 Å². The molecule has 0 amide bonds. The predicted molar refractivity (Wildman–Crippen MR) is 84.2 cm³/mol. The van der Waals surface area contributed by atoms with E-state index in [4.69, 9.17) is 23.2 Å². The second-order valence-corrected chi connectivity index (χ2v) is 5.60. The van der Waals surface area contributed by atoms with Crippen LogP contribution in [0.4, 0.5) is 0 Å². The predicted octanol–water partition coefficient (Wildman–Crippen LogP) is 4.21. The van der Waals surface area contributed by atoms with Crippen LogP contribution in [0.5, 0.6) is 0 Å². The number of nitrogens with one attached hydrogen (secondary N) is 1. The Morgan fingerprint density at radius 2 is 1.80 bits per heavy atom. The smallest absolute Gasteiger partial charge is 0.0940 e. The maximum Gasteiger partial charge on any atom is 0.0940 e. The topological polar surface area (TPSA) is 32.3 Å². The van der Waals surface area contributed by atoms with Crippen LogP contribution in [-0.4, -0.2) is 11.1 Å². The standard InChI is InChI=1S/C16H17Cl2NO/c1-11(16(20)12-5-3-2-4-6-12)19-10-13-7-8-14(17)9-15(13)18/h2-9,11,16,19-20H,10H2,1H3/t11-,16+/m0/s1. The molecule has 0 unspecified atom stereocenters. The number of halogens is 2. The molecule has 2 N–H and O–H groups in total. The van der Waals surface area contributed by atoms with E-state index >= 15 is 0 Å². The van der Waals surface area contributed by atoms with E-state index in [-0.39, 0.29) is 6.04 Å². The van der Waals surface area contributed by atoms with Crippen LogP contribution in [0.25, 0.3) is 0 Å². The molecule has 0 fully saturated rings. The largest absolute Gasteiger partial charge is 0.387 e. The Hall–Kier alpha value is -1.06. The van der Waals surface area contributed by atoms with Gasteiger partial charge in [0.25, 0.3) is 0 Å². The fraction of sp³-hybridized carbons (Fsp3) is 0.250. The molecular formula is C16H17Cl2NO. The third kappa shape index (κ3) is 3.97. The molecule has 4 heteroatoms. The van der Waals surface area contributed by atoms with Crippen LogP contribution in [0.2, 0.25) is 10.0 Å². The maximum atomic E-state index is 10.3. The van der Waals surface area contributed by atoms with Gasteiger partial charge in [-0.1, -0.05) is 59.6 Å². The molecule has 2 aromatic carbocycles. The zero-order valence-corrected chi connectivity index (χ0v) is 12.7. The quantitative estimate of drug-likeness (QED) is 0.867. The Kier molecular flexibility index (Phi) is 5.44. The van der Waals surface area contributed by atoms with E-state index in [1.807, 2.05) is 49.4 Å². The van der Waals surface area contributed by atoms with Crippen molar-refractivity contribution in [3.8, 4) is 0 Å². The average Bonchev–Trinajstić information content (AvgIpc) is 2.46. The van der Waals surface area contributed by atoms with Crippen molar-refractivity contribution < 1.29 is 5.11 Å². The fourth-order valence-electron chi connectivity index (χ4n) is 1.99. The summed E-state index contributed by atoms with van der Waals surface area (Å²) in [5.41, 5.74) is 1.86. The van der Waals surface area contributed by atoms with Crippen molar-refractivity contribution in [2.24, 2.45) is 0 Å². The van der Waals surface area contributed by atoms with Crippen LogP contribution in [0, 0.1) is 0 Å². The van der Waals surface area contributed by atoms with Gasteiger partial charge in [0, 0.05) is 22.6 Å². The minimum Gasteiger partial charge on any atom is -0.387 e. The van der Waals surface area contributed by atoms with Crippen molar-refractivity contribution in [1.29, 1.82) is 0 Å². The van der Waals surface area contributed by atoms with Crippen molar-refractivity contribution in [1.82, 2.24) is 5.32 Å². The van der Waals surface area contributed by atoms with Crippen LogP contribution in [0.15, 0.2) is 48.5 Å². The lowest BCUT2D eigenvalue weighted by Crippen LogP contribution is -2.31. The monoisotopic (exact) mass is 309 g/mol. The molecule has 2 atom stereocenters. The van der Waals surface area contributed by atoms with Crippen LogP contribution in [0.3, 0.4) is 0 Å². The second kappa shape index (κ2) is 7.09. The van der Waals surface area contributed by atoms with Crippen LogP contribution >= 0.6 is 23.2 Å². The van der Waals surface area contributed by atoms with Gasteiger partial charge >= 0.3 is 0 Å². The molecule has 0 bridgehead atoms. The van der Waals surface area contributed by atoms with E-state index in [2.05, 4.69) is 5.32 Å². The van der Waals surface area contributed by atoms with Crippen molar-refractivity contribution in [2.75, 3.05) is 0 Å². The van der Waals surface area contributed by atoms with E-state index < -0.39 is 6.10 Å². The molecule has 0 aliphatic carbocycles. The van der Waals surface area contributed by atoms with Gasteiger partial charge in [-0.3, -0.25) is 0 Å². The molecule has 0 heterocycles. The zero-order chi connectivity index (χ0) is 14.5. The van der Waals surface area contributed by atoms with Gasteiger partial charge in [-0.2, -0.15) is 0 Å². The van der Waals surface area contributed by atoms with E-state index in [1.54, 1.807) is 6.07 Å². The molecule has 0 saturated heterocycles. The first-order valence-corrected chi connectivity index (χ1v) is 7.24. The van der Waals surface area contributed by atoms with E-state index in [0.29, 0.717) is 16.6 Å². The molecular weight excluding hydrogens is 293 g/mol. The van der Waals surface area contributed by atoms with E-state index in [1.165, 1.54) is 0 Å². The Morgan fingerprint density at radius 3 is 2.45 bits per heavy atom. The highest BCUT2D eigenvalue weighted by atomic mass is 35.5. The first-order valence-electron chi connectivity index (χ1n) is 6.48. The number of benzene rings is 2. The second-order valence-electron chi connectivity index (χ2n) is 4.76. The molecule has 0 aromatic heterocycles. The van der Waals surface area contributed by atoms with Gasteiger partial charge in [0.1, 0.15) is 0 Å². The number of aliphatic hydroxyl groups is 1. The normalized spacial score (nSPS) is 14.0. The Balaban J connectivity index is 1.96. The van der Waals surface area contributed by atoms with Gasteiger partial charge in [0.05, 0.1) is 6.10 Å². The number of rotatable bonds is 5. The summed E-state index contributed by atoms with van der Waals surface area (Å²) in [5, 5.41) is 14.8. The third-order valence-corrected chi connectivity index (χ3v) is 3.83. The Labute approximate surface area is 129 Å². The third-order valence-electron chi connectivity index (χ3n) is 3.24. The number of hydrogen-bond acceptors (Lipinski definition) is 2. The molecule has 0 radical (unpaired) electrons. The summed E-state index contributed by atoms with van der Waals surface area (Å²) in [4.78, 5) is 0. The van der Waals surface area contributed by atoms with Crippen molar-refractivity contribution >= 4 is 23.2 Å². The lowest BCUT2D eigenvalue weighted by Gasteiger charge is -2.21. The average molecular weight is 310 g/mol. The first-order chi connectivity index (χ1) is 9.58. The fourth-order valence-corrected chi connectivity index (χ4v) is 2.46. The molecule has 2 aromatic rings. The minimum absolute atomic E-state index is 0.0795. The minimum atomic E-state index is -0.553. The highest BCUT2D eigenvalue weighted by molar-refractivity contribution is 6.35. The highest BCUT2D eigenvalue weighted by Crippen LogP contribution is 2.22. The molecule has 20 heavy (non-hydrogen) atoms. The summed E-state index contributed by atoms with van der Waals surface area (Å²) in [6.07, 6.45) is -0.553. The van der Waals surface area contributed by atoms with Gasteiger partial charge in [-0.15, -0.1) is 0 Å². The van der Waals surface area contributed by atoms with Crippen molar-refractivity contribution in [3.63, 3.8) is 0 Å². The van der Waals surface area contributed by atoms with Crippen LogP contribution in [-0.2, 0) is 6.54 Å². The number of hydrogen-bond donors (Lipinski definition) is 2. The van der Waals surface area contributed by atoms with Gasteiger partial charge in [0.15, 0.2) is 0 Å². The summed E-state index contributed by atoms with van der Waals surface area (Å²) in [6, 6.07) is 14.9. The molecule has 2 nitrogen and oxygen atoms in total. The van der Waals surface area contributed by atoms with Crippen LogP contribution < -0.4 is 5.32 Å². The Bertz CT molecular complexity index is 560. The highest BCUT2D eigenvalue weighted by Gasteiger charge is 2.15. The zero-order valence-electron chi connectivity index (χ0n) is 11.2. The van der Waals surface area contributed by atoms with Gasteiger partial charge in [0.2, 0.25) is 0 Å². The maximum absolute atomic E-state index is 10.3. The lowest BCUT2D eigenvalue weighted by atomic mass is 10.0. The van der Waals surface area contributed by atoms with Crippen molar-refractivity contribution in [2.45, 2.75) is 25.6 Å². The SMILES string of the molecule is C[C@H](NCc1ccc(Cl)cc1Cl)[C@@H](O)c1ccccc1.